The summed E-state index contributed by atoms with van der Waals surface area (Å²) in [5.41, 5.74) is 1.31. The van der Waals surface area contributed by atoms with Gasteiger partial charge in [-0.3, -0.25) is 4.79 Å². The van der Waals surface area contributed by atoms with Gasteiger partial charge in [-0.15, -0.1) is 11.8 Å². The summed E-state index contributed by atoms with van der Waals surface area (Å²) in [7, 11) is 0. The Kier molecular flexibility index (Phi) is 7.50. The average Bonchev–Trinajstić information content (AvgIpc) is 2.59. The first-order valence-electron chi connectivity index (χ1n) is 7.93. The second-order valence-electron chi connectivity index (χ2n) is 5.35. The van der Waals surface area contributed by atoms with Gasteiger partial charge in [-0.2, -0.15) is 0 Å². The van der Waals surface area contributed by atoms with E-state index < -0.39 is 0 Å². The van der Waals surface area contributed by atoms with E-state index in [1.54, 1.807) is 11.8 Å². The van der Waals surface area contributed by atoms with Crippen molar-refractivity contribution in [2.75, 3.05) is 6.54 Å². The molecule has 23 heavy (non-hydrogen) atoms. The quantitative estimate of drug-likeness (QED) is 0.540. The van der Waals surface area contributed by atoms with Crippen molar-refractivity contribution < 1.29 is 4.79 Å². The summed E-state index contributed by atoms with van der Waals surface area (Å²) in [5, 5.41) is 3.70. The monoisotopic (exact) mass is 347 g/mol. The highest BCUT2D eigenvalue weighted by Crippen LogP contribution is 2.26. The minimum absolute atomic E-state index is 0.0621. The van der Waals surface area contributed by atoms with Gasteiger partial charge in [0.25, 0.3) is 0 Å². The van der Waals surface area contributed by atoms with Crippen LogP contribution in [0.5, 0.6) is 0 Å². The van der Waals surface area contributed by atoms with Crippen molar-refractivity contribution >= 4 is 29.3 Å². The van der Waals surface area contributed by atoms with E-state index in [1.807, 2.05) is 49.4 Å². The highest BCUT2D eigenvalue weighted by Gasteiger charge is 2.17. The van der Waals surface area contributed by atoms with Crippen molar-refractivity contribution in [3.63, 3.8) is 0 Å². The molecule has 0 saturated carbocycles. The van der Waals surface area contributed by atoms with Crippen molar-refractivity contribution in [1.82, 2.24) is 5.32 Å². The molecule has 0 heterocycles. The highest BCUT2D eigenvalue weighted by atomic mass is 35.5. The van der Waals surface area contributed by atoms with Gasteiger partial charge in [0.05, 0.1) is 5.25 Å². The Morgan fingerprint density at radius 1 is 1.13 bits per heavy atom. The molecule has 0 aliphatic rings. The smallest absolute Gasteiger partial charge is 0.233 e. The maximum Gasteiger partial charge on any atom is 0.233 e. The maximum absolute atomic E-state index is 12.3. The lowest BCUT2D eigenvalue weighted by Gasteiger charge is -2.14. The number of hydrogen-bond donors (Lipinski definition) is 1. The van der Waals surface area contributed by atoms with Gasteiger partial charge in [-0.1, -0.05) is 48.9 Å². The number of carbonyl (C=O) groups excluding carboxylic acids is 1. The van der Waals surface area contributed by atoms with Crippen molar-refractivity contribution in [3.8, 4) is 0 Å². The molecule has 2 nitrogen and oxygen atoms in total. The van der Waals surface area contributed by atoms with Crippen LogP contribution in [0.3, 0.4) is 0 Å². The predicted octanol–water partition coefficient (Wildman–Crippen LogP) is 4.96. The number of amides is 1. The van der Waals surface area contributed by atoms with E-state index in [0.717, 1.165) is 24.2 Å². The maximum atomic E-state index is 12.3. The van der Waals surface area contributed by atoms with E-state index in [0.29, 0.717) is 11.6 Å². The van der Waals surface area contributed by atoms with Crippen LogP contribution in [0, 0.1) is 0 Å². The third kappa shape index (κ3) is 6.28. The van der Waals surface area contributed by atoms with Crippen molar-refractivity contribution in [1.29, 1.82) is 0 Å². The van der Waals surface area contributed by atoms with Crippen LogP contribution >= 0.6 is 23.4 Å². The summed E-state index contributed by atoms with van der Waals surface area (Å²) in [4.78, 5) is 13.4. The number of carbonyl (C=O) groups is 1. The lowest BCUT2D eigenvalue weighted by Crippen LogP contribution is -2.33. The van der Waals surface area contributed by atoms with E-state index in [-0.39, 0.29) is 11.2 Å². The minimum atomic E-state index is -0.0621. The zero-order valence-electron chi connectivity index (χ0n) is 13.3. The fourth-order valence-corrected chi connectivity index (χ4v) is 3.37. The predicted molar refractivity (Wildman–Crippen MR) is 99.2 cm³/mol. The molecule has 0 radical (unpaired) electrons. The molecule has 1 atom stereocenters. The Labute approximate surface area is 147 Å². The third-order valence-electron chi connectivity index (χ3n) is 3.54. The molecule has 0 aliphatic heterocycles. The van der Waals surface area contributed by atoms with Crippen molar-refractivity contribution in [2.24, 2.45) is 0 Å². The van der Waals surface area contributed by atoms with E-state index in [4.69, 9.17) is 11.6 Å². The second-order valence-corrected chi connectivity index (χ2v) is 7.06. The van der Waals surface area contributed by atoms with Crippen LogP contribution in [0.15, 0.2) is 59.5 Å². The van der Waals surface area contributed by atoms with Crippen LogP contribution in [0.4, 0.5) is 0 Å². The first-order chi connectivity index (χ1) is 11.2. The van der Waals surface area contributed by atoms with Crippen LogP contribution in [0.1, 0.15) is 25.3 Å². The van der Waals surface area contributed by atoms with Gasteiger partial charge in [-0.05, 0) is 49.1 Å². The molecule has 0 aliphatic carbocycles. The van der Waals surface area contributed by atoms with Crippen LogP contribution in [0.2, 0.25) is 5.02 Å². The second kappa shape index (κ2) is 9.64. The number of halogens is 1. The number of aryl methyl sites for hydroxylation is 1. The molecule has 0 spiro atoms. The largest absolute Gasteiger partial charge is 0.355 e. The summed E-state index contributed by atoms with van der Waals surface area (Å²) in [6.45, 7) is 2.75. The van der Waals surface area contributed by atoms with E-state index >= 15 is 0 Å². The minimum Gasteiger partial charge on any atom is -0.355 e. The molecule has 4 heteroatoms. The topological polar surface area (TPSA) is 29.1 Å². The molecule has 122 valence electrons. The van der Waals surface area contributed by atoms with Crippen LogP contribution in [0.25, 0.3) is 0 Å². The molecule has 0 fully saturated rings. The number of thioether (sulfide) groups is 1. The van der Waals surface area contributed by atoms with Crippen molar-refractivity contribution in [3.05, 3.63) is 65.2 Å². The fourth-order valence-electron chi connectivity index (χ4n) is 2.26. The van der Waals surface area contributed by atoms with Gasteiger partial charge in [-0.25, -0.2) is 0 Å². The first-order valence-corrected chi connectivity index (χ1v) is 9.18. The molecule has 0 saturated heterocycles. The van der Waals surface area contributed by atoms with E-state index in [1.165, 1.54) is 5.56 Å². The summed E-state index contributed by atoms with van der Waals surface area (Å²) in [5.74, 6) is 0.112. The zero-order chi connectivity index (χ0) is 16.5. The lowest BCUT2D eigenvalue weighted by molar-refractivity contribution is -0.120. The lowest BCUT2D eigenvalue weighted by atomic mass is 10.1. The summed E-state index contributed by atoms with van der Waals surface area (Å²) in [6.07, 6.45) is 2.75. The SMILES string of the molecule is CC[C@H](Sc1ccc(Cl)cc1)C(=O)NCCCc1ccccc1. The Bertz CT molecular complexity index is 601. The normalized spacial score (nSPS) is 11.9. The Morgan fingerprint density at radius 3 is 2.48 bits per heavy atom. The number of nitrogens with one attached hydrogen (secondary N) is 1. The Balaban J connectivity index is 1.75. The van der Waals surface area contributed by atoms with Gasteiger partial charge in [0.1, 0.15) is 0 Å². The van der Waals surface area contributed by atoms with Gasteiger partial charge >= 0.3 is 0 Å². The molecule has 1 N–H and O–H groups in total. The summed E-state index contributed by atoms with van der Waals surface area (Å²) in [6, 6.07) is 18.0. The molecular weight excluding hydrogens is 326 g/mol. The van der Waals surface area contributed by atoms with Crippen LogP contribution in [-0.4, -0.2) is 17.7 Å². The zero-order valence-corrected chi connectivity index (χ0v) is 14.9. The molecule has 2 rings (SSSR count). The highest BCUT2D eigenvalue weighted by molar-refractivity contribution is 8.00. The van der Waals surface area contributed by atoms with Crippen LogP contribution < -0.4 is 5.32 Å². The van der Waals surface area contributed by atoms with Gasteiger partial charge in [0.2, 0.25) is 5.91 Å². The first kappa shape index (κ1) is 17.9. The molecule has 0 bridgehead atoms. The van der Waals surface area contributed by atoms with Gasteiger partial charge in [0, 0.05) is 16.5 Å². The summed E-state index contributed by atoms with van der Waals surface area (Å²) < 4.78 is 0. The Morgan fingerprint density at radius 2 is 1.83 bits per heavy atom. The summed E-state index contributed by atoms with van der Waals surface area (Å²) >= 11 is 7.48. The van der Waals surface area contributed by atoms with Crippen LogP contribution in [-0.2, 0) is 11.2 Å². The number of rotatable bonds is 8. The van der Waals surface area contributed by atoms with Gasteiger partial charge in [0.15, 0.2) is 0 Å². The fraction of sp³-hybridized carbons (Fsp3) is 0.316. The molecule has 0 aromatic heterocycles. The van der Waals surface area contributed by atoms with Crippen molar-refractivity contribution in [2.45, 2.75) is 36.3 Å². The van der Waals surface area contributed by atoms with Gasteiger partial charge < -0.3 is 5.32 Å². The molecular formula is C19H22ClNOS. The van der Waals surface area contributed by atoms with E-state index in [2.05, 4.69) is 17.4 Å². The average molecular weight is 348 g/mol. The standard InChI is InChI=1S/C19H22ClNOS/c1-2-18(23-17-12-10-16(20)11-13-17)19(22)21-14-6-9-15-7-4-3-5-8-15/h3-5,7-8,10-13,18H,2,6,9,14H2,1H3,(H,21,22)/t18-/m0/s1. The molecule has 2 aromatic rings. The Hall–Kier alpha value is -1.45. The third-order valence-corrected chi connectivity index (χ3v) is 5.17. The molecule has 0 unspecified atom stereocenters. The molecule has 2 aromatic carbocycles. The number of benzene rings is 2. The number of hydrogen-bond acceptors (Lipinski definition) is 2. The molecule has 1 amide bonds. The van der Waals surface area contributed by atoms with E-state index in [9.17, 15) is 4.79 Å².